The summed E-state index contributed by atoms with van der Waals surface area (Å²) in [6, 6.07) is 18.8. The van der Waals surface area contributed by atoms with E-state index in [-0.39, 0.29) is 10.7 Å². The molecule has 0 spiro atoms. The molecule has 3 heterocycles. The van der Waals surface area contributed by atoms with Gasteiger partial charge in [0.05, 0.1) is 4.90 Å². The van der Waals surface area contributed by atoms with Gasteiger partial charge < -0.3 is 4.23 Å². The van der Waals surface area contributed by atoms with Crippen LogP contribution in [0, 0.1) is 5.82 Å². The molecular formula is C32H36FN3O2SSi. The van der Waals surface area contributed by atoms with Gasteiger partial charge in [0, 0.05) is 46.2 Å². The monoisotopic (exact) mass is 573 g/mol. The normalized spacial score (nSPS) is 12.8. The molecule has 3 aromatic heterocycles. The first-order valence-corrected chi connectivity index (χ1v) is 17.4. The fourth-order valence-corrected chi connectivity index (χ4v) is 14.6. The van der Waals surface area contributed by atoms with E-state index in [2.05, 4.69) is 69.2 Å². The summed E-state index contributed by atoms with van der Waals surface area (Å²) in [5, 5.41) is 0.656. The standard InChI is InChI=1S/C32H36FN3O2SSi/c1-22(2)40(23(3)4,24(5)6)35-17-16-25(20-35)30-21-36(39(37,38)27-12-8-7-9-13-27)32-29(30)18-26(19-34-32)28-14-10-11-15-31(28)33/h7-24H,1-6H3. The Morgan fingerprint density at radius 1 is 0.775 bits per heavy atom. The van der Waals surface area contributed by atoms with E-state index in [4.69, 9.17) is 0 Å². The maximum atomic E-state index is 14.7. The average molecular weight is 574 g/mol. The third-order valence-corrected chi connectivity index (χ3v) is 16.7. The van der Waals surface area contributed by atoms with Gasteiger partial charge in [-0.3, -0.25) is 0 Å². The van der Waals surface area contributed by atoms with Crippen LogP contribution in [0.25, 0.3) is 33.3 Å². The Kier molecular flexibility index (Phi) is 7.35. The van der Waals surface area contributed by atoms with Crippen LogP contribution in [0.1, 0.15) is 41.5 Å². The number of rotatable bonds is 8. The molecule has 0 aliphatic heterocycles. The van der Waals surface area contributed by atoms with Crippen LogP contribution < -0.4 is 0 Å². The predicted octanol–water partition coefficient (Wildman–Crippen LogP) is 8.57. The lowest BCUT2D eigenvalue weighted by Crippen LogP contribution is -2.51. The highest BCUT2D eigenvalue weighted by Gasteiger charge is 2.45. The van der Waals surface area contributed by atoms with Crippen molar-refractivity contribution in [1.82, 2.24) is 13.2 Å². The van der Waals surface area contributed by atoms with Crippen molar-refractivity contribution in [2.75, 3.05) is 0 Å². The molecule has 8 heteroatoms. The summed E-state index contributed by atoms with van der Waals surface area (Å²) >= 11 is 0. The number of halogens is 1. The number of hydrogen-bond donors (Lipinski definition) is 0. The average Bonchev–Trinajstić information content (AvgIpc) is 3.54. The molecule has 0 unspecified atom stereocenters. The van der Waals surface area contributed by atoms with Crippen molar-refractivity contribution >= 4 is 29.3 Å². The largest absolute Gasteiger partial charge is 0.379 e. The lowest BCUT2D eigenvalue weighted by Gasteiger charge is -2.44. The first-order valence-electron chi connectivity index (χ1n) is 13.7. The van der Waals surface area contributed by atoms with Crippen molar-refractivity contribution in [2.45, 2.75) is 63.1 Å². The number of hydrogen-bond acceptors (Lipinski definition) is 3. The molecule has 0 atom stereocenters. The highest BCUT2D eigenvalue weighted by molar-refractivity contribution is 7.90. The number of nitrogens with zero attached hydrogens (tertiary/aromatic N) is 3. The highest BCUT2D eigenvalue weighted by Crippen LogP contribution is 2.44. The van der Waals surface area contributed by atoms with Gasteiger partial charge in [-0.05, 0) is 53.2 Å². The molecule has 0 amide bonds. The fourth-order valence-electron chi connectivity index (χ4n) is 6.73. The molecule has 0 N–H and O–H groups in total. The Morgan fingerprint density at radius 3 is 2.02 bits per heavy atom. The summed E-state index contributed by atoms with van der Waals surface area (Å²) in [6.45, 7) is 13.9. The van der Waals surface area contributed by atoms with E-state index in [9.17, 15) is 12.8 Å². The molecule has 5 aromatic rings. The molecule has 0 aliphatic rings. The van der Waals surface area contributed by atoms with Crippen molar-refractivity contribution < 1.29 is 12.8 Å². The minimum Gasteiger partial charge on any atom is -0.379 e. The van der Waals surface area contributed by atoms with Gasteiger partial charge in [0.25, 0.3) is 10.0 Å². The van der Waals surface area contributed by atoms with Gasteiger partial charge >= 0.3 is 0 Å². The molecule has 0 radical (unpaired) electrons. The maximum absolute atomic E-state index is 14.7. The van der Waals surface area contributed by atoms with Gasteiger partial charge in [-0.15, -0.1) is 0 Å². The highest BCUT2D eigenvalue weighted by atomic mass is 32.2. The fraction of sp³-hybridized carbons (Fsp3) is 0.281. The van der Waals surface area contributed by atoms with E-state index >= 15 is 0 Å². The number of benzene rings is 2. The first kappa shape index (κ1) is 28.1. The van der Waals surface area contributed by atoms with E-state index < -0.39 is 18.3 Å². The Bertz CT molecular complexity index is 1750. The summed E-state index contributed by atoms with van der Waals surface area (Å²) in [5.41, 5.74) is 4.50. The third-order valence-electron chi connectivity index (χ3n) is 8.32. The number of aromatic nitrogens is 3. The van der Waals surface area contributed by atoms with Crippen molar-refractivity contribution in [3.05, 3.63) is 97.3 Å². The Labute approximate surface area is 237 Å². The van der Waals surface area contributed by atoms with Crippen LogP contribution in [0.2, 0.25) is 16.6 Å². The lowest BCUT2D eigenvalue weighted by atomic mass is 10.0. The summed E-state index contributed by atoms with van der Waals surface area (Å²) in [6.07, 6.45) is 7.54. The van der Waals surface area contributed by atoms with Crippen molar-refractivity contribution in [1.29, 1.82) is 0 Å². The van der Waals surface area contributed by atoms with Gasteiger partial charge in [-0.1, -0.05) is 77.9 Å². The van der Waals surface area contributed by atoms with E-state index in [1.807, 2.05) is 6.07 Å². The maximum Gasteiger partial charge on any atom is 0.269 e. The van der Waals surface area contributed by atoms with E-state index in [0.717, 1.165) is 11.1 Å². The zero-order valence-corrected chi connectivity index (χ0v) is 25.7. The minimum absolute atomic E-state index is 0.182. The van der Waals surface area contributed by atoms with Crippen LogP contribution in [-0.4, -0.2) is 29.8 Å². The first-order chi connectivity index (χ1) is 19.0. The molecular weight excluding hydrogens is 538 g/mol. The second-order valence-electron chi connectivity index (χ2n) is 11.4. The quantitative estimate of drug-likeness (QED) is 0.175. The van der Waals surface area contributed by atoms with E-state index in [1.54, 1.807) is 60.9 Å². The van der Waals surface area contributed by atoms with Gasteiger partial charge in [0.15, 0.2) is 13.9 Å². The predicted molar refractivity (Wildman–Crippen MR) is 164 cm³/mol. The lowest BCUT2D eigenvalue weighted by molar-refractivity contribution is 0.588. The van der Waals surface area contributed by atoms with Gasteiger partial charge in [0.2, 0.25) is 0 Å². The van der Waals surface area contributed by atoms with Crippen LogP contribution >= 0.6 is 0 Å². The summed E-state index contributed by atoms with van der Waals surface area (Å²) in [7, 11) is -5.93. The molecule has 0 saturated carbocycles. The van der Waals surface area contributed by atoms with Gasteiger partial charge in [0.1, 0.15) is 5.82 Å². The molecule has 2 aromatic carbocycles. The number of fused-ring (bicyclic) bond motifs is 1. The van der Waals surface area contributed by atoms with Gasteiger partial charge in [-0.25, -0.2) is 21.8 Å². The molecule has 40 heavy (non-hydrogen) atoms. The van der Waals surface area contributed by atoms with Gasteiger partial charge in [-0.2, -0.15) is 0 Å². The smallest absolute Gasteiger partial charge is 0.269 e. The molecule has 5 rings (SSSR count). The molecule has 0 aliphatic carbocycles. The second-order valence-corrected chi connectivity index (χ2v) is 19.0. The summed E-state index contributed by atoms with van der Waals surface area (Å²) < 4.78 is 46.0. The number of pyridine rings is 1. The molecule has 208 valence electrons. The van der Waals surface area contributed by atoms with Crippen LogP contribution in [0.4, 0.5) is 4.39 Å². The summed E-state index contributed by atoms with van der Waals surface area (Å²) in [4.78, 5) is 4.78. The Hall–Kier alpha value is -3.49. The SMILES string of the molecule is CC(C)[Si](C(C)C)(C(C)C)n1ccc(-c2cn(S(=O)(=O)c3ccccc3)c3ncc(-c4ccccc4F)cc23)c1. The van der Waals surface area contributed by atoms with Crippen LogP contribution in [0.5, 0.6) is 0 Å². The topological polar surface area (TPSA) is 56.9 Å². The van der Waals surface area contributed by atoms with Crippen LogP contribution in [0.15, 0.2) is 96.4 Å². The molecule has 0 saturated heterocycles. The van der Waals surface area contributed by atoms with Crippen molar-refractivity contribution in [2.24, 2.45) is 0 Å². The van der Waals surface area contributed by atoms with E-state index in [1.165, 1.54) is 10.0 Å². The molecule has 0 fully saturated rings. The zero-order chi connectivity index (χ0) is 28.8. The van der Waals surface area contributed by atoms with Crippen LogP contribution in [0.3, 0.4) is 0 Å². The summed E-state index contributed by atoms with van der Waals surface area (Å²) in [5.74, 6) is -0.353. The van der Waals surface area contributed by atoms with Crippen LogP contribution in [-0.2, 0) is 10.0 Å². The second kappa shape index (κ2) is 10.5. The van der Waals surface area contributed by atoms with E-state index in [0.29, 0.717) is 38.8 Å². The Morgan fingerprint density at radius 2 is 1.40 bits per heavy atom. The van der Waals surface area contributed by atoms with Crippen molar-refractivity contribution in [3.8, 4) is 22.3 Å². The molecule has 0 bridgehead atoms. The minimum atomic E-state index is -3.92. The zero-order valence-electron chi connectivity index (χ0n) is 23.8. The third kappa shape index (κ3) is 4.43. The van der Waals surface area contributed by atoms with Crippen molar-refractivity contribution in [3.63, 3.8) is 0 Å². The molecule has 5 nitrogen and oxygen atoms in total. The Balaban J connectivity index is 1.77.